The minimum absolute atomic E-state index is 0.305. The third-order valence-corrected chi connectivity index (χ3v) is 3.96. The molecule has 1 aromatic heterocycles. The van der Waals surface area contributed by atoms with Crippen LogP contribution in [-0.2, 0) is 6.54 Å². The fraction of sp³-hybridized carbons (Fsp3) is 0.158. The molecule has 0 unspecified atom stereocenters. The van der Waals surface area contributed by atoms with Crippen molar-refractivity contribution in [3.8, 4) is 11.5 Å². The first-order valence-corrected chi connectivity index (χ1v) is 8.13. The van der Waals surface area contributed by atoms with Gasteiger partial charge in [0.2, 0.25) is 0 Å². The third-order valence-electron chi connectivity index (χ3n) is 3.67. The number of rotatable bonds is 4. The number of hydrogen-bond donors (Lipinski definition) is 1. The highest BCUT2D eigenvalue weighted by atomic mass is 35.5. The van der Waals surface area contributed by atoms with Gasteiger partial charge in [-0.3, -0.25) is 14.3 Å². The van der Waals surface area contributed by atoms with Crippen LogP contribution in [-0.4, -0.2) is 9.55 Å². The van der Waals surface area contributed by atoms with E-state index in [1.807, 2.05) is 32.0 Å². The largest absolute Gasteiger partial charge is 0.456 e. The van der Waals surface area contributed by atoms with Crippen LogP contribution in [0.5, 0.6) is 11.5 Å². The smallest absolute Gasteiger partial charge is 0.328 e. The van der Waals surface area contributed by atoms with E-state index in [4.69, 9.17) is 16.3 Å². The van der Waals surface area contributed by atoms with E-state index in [9.17, 15) is 9.59 Å². The second-order valence-corrected chi connectivity index (χ2v) is 6.34. The van der Waals surface area contributed by atoms with Crippen LogP contribution in [0.25, 0.3) is 0 Å². The van der Waals surface area contributed by atoms with Crippen molar-refractivity contribution in [1.29, 1.82) is 0 Å². The molecule has 3 rings (SSSR count). The van der Waals surface area contributed by atoms with E-state index >= 15 is 0 Å². The van der Waals surface area contributed by atoms with E-state index in [-0.39, 0.29) is 0 Å². The Bertz CT molecular complexity index is 1020. The molecule has 6 heteroatoms. The summed E-state index contributed by atoms with van der Waals surface area (Å²) < 4.78 is 7.27. The van der Waals surface area contributed by atoms with Gasteiger partial charge >= 0.3 is 5.69 Å². The normalized spacial score (nSPS) is 10.7. The Hall–Kier alpha value is -2.79. The Morgan fingerprint density at radius 2 is 1.76 bits per heavy atom. The molecule has 0 aliphatic carbocycles. The summed E-state index contributed by atoms with van der Waals surface area (Å²) in [6.07, 6.45) is 1.45. The highest BCUT2D eigenvalue weighted by Gasteiger charge is 2.07. The Kier molecular flexibility index (Phi) is 4.76. The summed E-state index contributed by atoms with van der Waals surface area (Å²) in [6, 6.07) is 12.6. The molecule has 1 heterocycles. The zero-order chi connectivity index (χ0) is 18.0. The molecule has 0 fully saturated rings. The zero-order valence-corrected chi connectivity index (χ0v) is 14.6. The molecule has 5 nitrogen and oxygen atoms in total. The molecule has 0 atom stereocenters. The molecular formula is C19H17ClN2O3. The van der Waals surface area contributed by atoms with Crippen LogP contribution < -0.4 is 16.0 Å². The summed E-state index contributed by atoms with van der Waals surface area (Å²) >= 11 is 6.32. The van der Waals surface area contributed by atoms with Crippen LogP contribution in [0.15, 0.2) is 58.3 Å². The summed E-state index contributed by atoms with van der Waals surface area (Å²) in [7, 11) is 0. The van der Waals surface area contributed by atoms with Crippen molar-refractivity contribution in [3.05, 3.63) is 91.2 Å². The van der Waals surface area contributed by atoms with Gasteiger partial charge in [0.15, 0.2) is 0 Å². The van der Waals surface area contributed by atoms with Crippen molar-refractivity contribution in [2.24, 2.45) is 0 Å². The first-order valence-electron chi connectivity index (χ1n) is 7.75. The molecule has 0 saturated carbocycles. The number of H-pyrrole nitrogens is 1. The van der Waals surface area contributed by atoms with Crippen molar-refractivity contribution in [2.45, 2.75) is 20.4 Å². The molecule has 0 aliphatic rings. The highest BCUT2D eigenvalue weighted by Crippen LogP contribution is 2.31. The first-order chi connectivity index (χ1) is 11.9. The van der Waals surface area contributed by atoms with Gasteiger partial charge in [0.25, 0.3) is 5.56 Å². The molecular weight excluding hydrogens is 340 g/mol. The number of aromatic nitrogens is 2. The van der Waals surface area contributed by atoms with Gasteiger partial charge in [0.05, 0.1) is 11.6 Å². The van der Waals surface area contributed by atoms with Crippen molar-refractivity contribution in [1.82, 2.24) is 9.55 Å². The average molecular weight is 357 g/mol. The van der Waals surface area contributed by atoms with Crippen molar-refractivity contribution < 1.29 is 4.74 Å². The van der Waals surface area contributed by atoms with E-state index in [0.717, 1.165) is 22.4 Å². The van der Waals surface area contributed by atoms with E-state index in [1.54, 1.807) is 12.1 Å². The summed E-state index contributed by atoms with van der Waals surface area (Å²) in [5.74, 6) is 1.27. The van der Waals surface area contributed by atoms with Crippen molar-refractivity contribution in [3.63, 3.8) is 0 Å². The number of nitrogens with one attached hydrogen (secondary N) is 1. The minimum Gasteiger partial charge on any atom is -0.456 e. The van der Waals surface area contributed by atoms with Crippen LogP contribution in [0.4, 0.5) is 0 Å². The summed E-state index contributed by atoms with van der Waals surface area (Å²) in [4.78, 5) is 25.1. The van der Waals surface area contributed by atoms with Crippen LogP contribution in [0, 0.1) is 13.8 Å². The highest BCUT2D eigenvalue weighted by molar-refractivity contribution is 6.32. The van der Waals surface area contributed by atoms with Gasteiger partial charge in [-0.2, -0.15) is 0 Å². The predicted octanol–water partition coefficient (Wildman–Crippen LogP) is 3.65. The predicted molar refractivity (Wildman–Crippen MR) is 97.9 cm³/mol. The van der Waals surface area contributed by atoms with Gasteiger partial charge in [-0.25, -0.2) is 4.79 Å². The van der Waals surface area contributed by atoms with Crippen LogP contribution in [0.1, 0.15) is 16.7 Å². The number of nitrogens with zero attached hydrogens (tertiary/aromatic N) is 1. The van der Waals surface area contributed by atoms with Crippen LogP contribution in [0.2, 0.25) is 5.02 Å². The number of aryl methyl sites for hydroxylation is 2. The van der Waals surface area contributed by atoms with Crippen LogP contribution >= 0.6 is 11.6 Å². The molecule has 128 valence electrons. The average Bonchev–Trinajstić information content (AvgIpc) is 2.52. The van der Waals surface area contributed by atoms with Gasteiger partial charge < -0.3 is 4.74 Å². The summed E-state index contributed by atoms with van der Waals surface area (Å²) in [6.45, 7) is 4.32. The van der Waals surface area contributed by atoms with Gasteiger partial charge in [0.1, 0.15) is 11.5 Å². The van der Waals surface area contributed by atoms with E-state index in [2.05, 4.69) is 11.1 Å². The molecule has 0 aliphatic heterocycles. The summed E-state index contributed by atoms with van der Waals surface area (Å²) in [5.41, 5.74) is 2.17. The van der Waals surface area contributed by atoms with Gasteiger partial charge in [-0.15, -0.1) is 0 Å². The standard InChI is InChI=1S/C19H17ClN2O3/c1-12-7-13(2)9-15(8-12)25-17-4-3-14(10-16(17)20)11-22-6-5-18(23)21-19(22)24/h3-10H,11H2,1-2H3,(H,21,23,24). The fourth-order valence-electron chi connectivity index (χ4n) is 2.61. The number of hydrogen-bond acceptors (Lipinski definition) is 3. The minimum atomic E-state index is -0.459. The molecule has 0 bridgehead atoms. The molecule has 1 N–H and O–H groups in total. The molecule has 0 spiro atoms. The molecule has 0 saturated heterocycles. The quantitative estimate of drug-likeness (QED) is 0.776. The Balaban J connectivity index is 1.83. The second kappa shape index (κ2) is 6.99. The number of ether oxygens (including phenoxy) is 1. The topological polar surface area (TPSA) is 64.1 Å². The van der Waals surface area contributed by atoms with Crippen LogP contribution in [0.3, 0.4) is 0 Å². The lowest BCUT2D eigenvalue weighted by Gasteiger charge is -2.11. The van der Waals surface area contributed by atoms with Gasteiger partial charge in [0, 0.05) is 12.3 Å². The third kappa shape index (κ3) is 4.19. The number of halogens is 1. The van der Waals surface area contributed by atoms with Crippen molar-refractivity contribution >= 4 is 11.6 Å². The Labute approximate surface area is 149 Å². The first kappa shape index (κ1) is 17.0. The molecule has 3 aromatic rings. The monoisotopic (exact) mass is 356 g/mol. The maximum atomic E-state index is 11.8. The van der Waals surface area contributed by atoms with Gasteiger partial charge in [-0.1, -0.05) is 23.7 Å². The lowest BCUT2D eigenvalue weighted by atomic mass is 10.1. The Morgan fingerprint density at radius 1 is 1.04 bits per heavy atom. The number of benzene rings is 2. The zero-order valence-electron chi connectivity index (χ0n) is 13.9. The number of aromatic amines is 1. The lowest BCUT2D eigenvalue weighted by molar-refractivity contribution is 0.482. The Morgan fingerprint density at radius 3 is 2.40 bits per heavy atom. The molecule has 2 aromatic carbocycles. The SMILES string of the molecule is Cc1cc(C)cc(Oc2ccc(Cn3ccc(=O)[nH]c3=O)cc2Cl)c1. The molecule has 25 heavy (non-hydrogen) atoms. The maximum Gasteiger partial charge on any atom is 0.328 e. The van der Waals surface area contributed by atoms with E-state index in [1.165, 1.54) is 16.8 Å². The summed E-state index contributed by atoms with van der Waals surface area (Å²) in [5, 5.41) is 0.453. The lowest BCUT2D eigenvalue weighted by Crippen LogP contribution is -2.28. The molecule has 0 amide bonds. The maximum absolute atomic E-state index is 11.8. The van der Waals surface area contributed by atoms with Crippen molar-refractivity contribution in [2.75, 3.05) is 0 Å². The van der Waals surface area contributed by atoms with E-state index < -0.39 is 11.2 Å². The van der Waals surface area contributed by atoms with Gasteiger partial charge in [-0.05, 0) is 54.8 Å². The second-order valence-electron chi connectivity index (χ2n) is 5.93. The molecule has 0 radical (unpaired) electrons. The fourth-order valence-corrected chi connectivity index (χ4v) is 2.85. The van der Waals surface area contributed by atoms with E-state index in [0.29, 0.717) is 17.3 Å².